The zero-order valence-corrected chi connectivity index (χ0v) is 14.5. The number of benzene rings is 2. The Hall–Kier alpha value is -1.99. The van der Waals surface area contributed by atoms with E-state index in [1.165, 1.54) is 0 Å². The van der Waals surface area contributed by atoms with Crippen LogP contribution in [0, 0.1) is 0 Å². The van der Waals surface area contributed by atoms with E-state index in [1.807, 2.05) is 36.4 Å². The van der Waals surface area contributed by atoms with Gasteiger partial charge in [0.05, 0.1) is 4.90 Å². The minimum Gasteiger partial charge on any atom is -0.329 e. The minimum absolute atomic E-state index is 0. The number of nitrogens with two attached hydrogens (primary N) is 1. The fourth-order valence-electron chi connectivity index (χ4n) is 2.46. The van der Waals surface area contributed by atoms with E-state index in [4.69, 9.17) is 5.73 Å². The maximum atomic E-state index is 12.6. The number of rotatable bonds is 5. The Balaban J connectivity index is 0.00000208. The van der Waals surface area contributed by atoms with Crippen LogP contribution in [-0.4, -0.2) is 26.5 Å². The molecular weight excluding hydrogens is 346 g/mol. The molecule has 3 rings (SSSR count). The van der Waals surface area contributed by atoms with Gasteiger partial charge in [0.15, 0.2) is 0 Å². The highest BCUT2D eigenvalue weighted by Gasteiger charge is 2.18. The molecule has 0 amide bonds. The zero-order chi connectivity index (χ0) is 16.3. The third-order valence-corrected chi connectivity index (χ3v) is 5.05. The second kappa shape index (κ2) is 7.72. The zero-order valence-electron chi connectivity index (χ0n) is 12.8. The van der Waals surface area contributed by atoms with Gasteiger partial charge in [0.25, 0.3) is 0 Å². The summed E-state index contributed by atoms with van der Waals surface area (Å²) < 4.78 is 27.7. The van der Waals surface area contributed by atoms with Crippen molar-refractivity contribution in [2.75, 3.05) is 13.1 Å². The number of pyridine rings is 1. The van der Waals surface area contributed by atoms with Gasteiger partial charge in [-0.05, 0) is 29.3 Å². The predicted molar refractivity (Wildman–Crippen MR) is 98.7 cm³/mol. The lowest BCUT2D eigenvalue weighted by Crippen LogP contribution is -2.29. The summed E-state index contributed by atoms with van der Waals surface area (Å²) in [7, 11) is -3.64. The number of fused-ring (bicyclic) bond motifs is 1. The standard InChI is InChI=1S/C17H17N3O2S.ClH/c18-7-9-20-23(21,22)17-11-14(13-4-2-1-3-5-13)10-15-12-19-8-6-16(15)17;/h1-6,8,10-12,20H,7,9,18H2;1H. The number of halogens is 1. The largest absolute Gasteiger partial charge is 0.329 e. The normalized spacial score (nSPS) is 11.2. The van der Waals surface area contributed by atoms with Crippen molar-refractivity contribution in [2.24, 2.45) is 5.73 Å². The maximum Gasteiger partial charge on any atom is 0.241 e. The molecule has 0 radical (unpaired) electrons. The summed E-state index contributed by atoms with van der Waals surface area (Å²) in [5, 5.41) is 1.42. The van der Waals surface area contributed by atoms with Gasteiger partial charge in [-0.15, -0.1) is 12.4 Å². The van der Waals surface area contributed by atoms with Crippen LogP contribution in [0.5, 0.6) is 0 Å². The van der Waals surface area contributed by atoms with E-state index in [0.717, 1.165) is 16.5 Å². The Labute approximate surface area is 147 Å². The van der Waals surface area contributed by atoms with Gasteiger partial charge in [-0.25, -0.2) is 13.1 Å². The van der Waals surface area contributed by atoms with Crippen LogP contribution >= 0.6 is 12.4 Å². The first kappa shape index (κ1) is 18.4. The summed E-state index contributed by atoms with van der Waals surface area (Å²) in [6, 6.07) is 15.0. The van der Waals surface area contributed by atoms with Crippen molar-refractivity contribution in [1.82, 2.24) is 9.71 Å². The predicted octanol–water partition coefficient (Wildman–Crippen LogP) is 2.56. The average molecular weight is 364 g/mol. The van der Waals surface area contributed by atoms with Crippen molar-refractivity contribution < 1.29 is 8.42 Å². The summed E-state index contributed by atoms with van der Waals surface area (Å²) >= 11 is 0. The van der Waals surface area contributed by atoms with Crippen molar-refractivity contribution in [3.8, 4) is 11.1 Å². The van der Waals surface area contributed by atoms with Crippen LogP contribution in [-0.2, 0) is 10.0 Å². The van der Waals surface area contributed by atoms with Crippen LogP contribution in [0.1, 0.15) is 0 Å². The van der Waals surface area contributed by atoms with E-state index in [2.05, 4.69) is 9.71 Å². The number of hydrogen-bond acceptors (Lipinski definition) is 4. The average Bonchev–Trinajstić information content (AvgIpc) is 2.60. The molecule has 0 bridgehead atoms. The molecule has 1 aromatic heterocycles. The van der Waals surface area contributed by atoms with Gasteiger partial charge in [0.1, 0.15) is 0 Å². The molecule has 1 heterocycles. The molecule has 3 N–H and O–H groups in total. The van der Waals surface area contributed by atoms with Gasteiger partial charge >= 0.3 is 0 Å². The monoisotopic (exact) mass is 363 g/mol. The molecule has 3 aromatic rings. The smallest absolute Gasteiger partial charge is 0.241 e. The summed E-state index contributed by atoms with van der Waals surface area (Å²) in [5.41, 5.74) is 7.20. The van der Waals surface area contributed by atoms with Crippen LogP contribution in [0.25, 0.3) is 21.9 Å². The maximum absolute atomic E-state index is 12.6. The molecular formula is C17H18ClN3O2S. The first-order valence-electron chi connectivity index (χ1n) is 7.25. The minimum atomic E-state index is -3.64. The molecule has 0 aliphatic rings. The van der Waals surface area contributed by atoms with Crippen molar-refractivity contribution in [1.29, 1.82) is 0 Å². The Morgan fingerprint density at radius 3 is 2.50 bits per heavy atom. The molecule has 0 spiro atoms. The molecule has 5 nitrogen and oxygen atoms in total. The summed E-state index contributed by atoms with van der Waals surface area (Å²) in [5.74, 6) is 0. The molecule has 0 unspecified atom stereocenters. The fraction of sp³-hybridized carbons (Fsp3) is 0.118. The highest BCUT2D eigenvalue weighted by atomic mass is 35.5. The molecule has 7 heteroatoms. The van der Waals surface area contributed by atoms with Crippen LogP contribution < -0.4 is 10.5 Å². The fourth-order valence-corrected chi connectivity index (χ4v) is 3.76. The lowest BCUT2D eigenvalue weighted by molar-refractivity contribution is 0.583. The number of aromatic nitrogens is 1. The molecule has 0 saturated carbocycles. The van der Waals surface area contributed by atoms with Crippen LogP contribution in [0.2, 0.25) is 0 Å². The molecule has 0 saturated heterocycles. The second-order valence-electron chi connectivity index (χ2n) is 5.12. The van der Waals surface area contributed by atoms with Gasteiger partial charge < -0.3 is 5.73 Å². The first-order chi connectivity index (χ1) is 11.1. The molecule has 126 valence electrons. The van der Waals surface area contributed by atoms with Gasteiger partial charge in [0, 0.05) is 36.3 Å². The lowest BCUT2D eigenvalue weighted by atomic mass is 10.0. The SMILES string of the molecule is Cl.NCCNS(=O)(=O)c1cc(-c2ccccc2)cc2cnccc12. The van der Waals surface area contributed by atoms with E-state index >= 15 is 0 Å². The topological polar surface area (TPSA) is 85.1 Å². The van der Waals surface area contributed by atoms with Crippen LogP contribution in [0.15, 0.2) is 65.8 Å². The van der Waals surface area contributed by atoms with E-state index in [0.29, 0.717) is 5.39 Å². The van der Waals surface area contributed by atoms with Gasteiger partial charge in [-0.1, -0.05) is 30.3 Å². The van der Waals surface area contributed by atoms with E-state index in [-0.39, 0.29) is 30.4 Å². The molecule has 24 heavy (non-hydrogen) atoms. The highest BCUT2D eigenvalue weighted by molar-refractivity contribution is 7.89. The van der Waals surface area contributed by atoms with Crippen molar-refractivity contribution >= 4 is 33.2 Å². The first-order valence-corrected chi connectivity index (χ1v) is 8.73. The number of nitrogens with zero attached hydrogens (tertiary/aromatic N) is 1. The molecule has 0 aliphatic carbocycles. The third kappa shape index (κ3) is 3.73. The van der Waals surface area contributed by atoms with Crippen molar-refractivity contribution in [3.05, 3.63) is 60.9 Å². The van der Waals surface area contributed by atoms with Gasteiger partial charge in [-0.3, -0.25) is 4.98 Å². The summed E-state index contributed by atoms with van der Waals surface area (Å²) in [6.07, 6.45) is 3.26. The quantitative estimate of drug-likeness (QED) is 0.729. The van der Waals surface area contributed by atoms with E-state index in [9.17, 15) is 8.42 Å². The number of hydrogen-bond donors (Lipinski definition) is 2. The summed E-state index contributed by atoms with van der Waals surface area (Å²) in [4.78, 5) is 4.34. The Bertz CT molecular complexity index is 931. The van der Waals surface area contributed by atoms with Crippen molar-refractivity contribution in [3.63, 3.8) is 0 Å². The highest BCUT2D eigenvalue weighted by Crippen LogP contribution is 2.29. The van der Waals surface area contributed by atoms with E-state index < -0.39 is 10.0 Å². The van der Waals surface area contributed by atoms with Crippen LogP contribution in [0.3, 0.4) is 0 Å². The Kier molecular flexibility index (Phi) is 5.90. The van der Waals surface area contributed by atoms with Crippen LogP contribution in [0.4, 0.5) is 0 Å². The Morgan fingerprint density at radius 1 is 1.04 bits per heavy atom. The van der Waals surface area contributed by atoms with Gasteiger partial charge in [0.2, 0.25) is 10.0 Å². The van der Waals surface area contributed by atoms with E-state index in [1.54, 1.807) is 24.5 Å². The Morgan fingerprint density at radius 2 is 1.79 bits per heavy atom. The number of sulfonamides is 1. The number of nitrogens with one attached hydrogen (secondary N) is 1. The molecule has 0 fully saturated rings. The molecule has 0 aliphatic heterocycles. The second-order valence-corrected chi connectivity index (χ2v) is 6.86. The molecule has 0 atom stereocenters. The van der Waals surface area contributed by atoms with Crippen molar-refractivity contribution in [2.45, 2.75) is 4.90 Å². The molecule has 2 aromatic carbocycles. The third-order valence-electron chi connectivity index (χ3n) is 3.55. The lowest BCUT2D eigenvalue weighted by Gasteiger charge is -2.12. The summed E-state index contributed by atoms with van der Waals surface area (Å²) in [6.45, 7) is 0.446. The van der Waals surface area contributed by atoms with Gasteiger partial charge in [-0.2, -0.15) is 0 Å².